The van der Waals surface area contributed by atoms with Gasteiger partial charge < -0.3 is 18.0 Å². The third kappa shape index (κ3) is 1.72. The molecule has 1 heterocycles. The second-order valence-electron chi connectivity index (χ2n) is 5.26. The first-order chi connectivity index (χ1) is 8.17. The van der Waals surface area contributed by atoms with Crippen molar-refractivity contribution in [3.8, 4) is 0 Å². The van der Waals surface area contributed by atoms with E-state index >= 15 is 0 Å². The Morgan fingerprint density at radius 2 is 2.06 bits per heavy atom. The molecule has 3 aliphatic rings. The van der Waals surface area contributed by atoms with Crippen molar-refractivity contribution in [3.05, 3.63) is 11.6 Å². The van der Waals surface area contributed by atoms with Gasteiger partial charge in [-0.05, 0) is 18.8 Å². The number of epoxide rings is 1. The lowest BCUT2D eigenvalue weighted by molar-refractivity contribution is 0.121. The monoisotopic (exact) mass is 256 g/mol. The summed E-state index contributed by atoms with van der Waals surface area (Å²) in [7, 11) is 2.64. The van der Waals surface area contributed by atoms with E-state index in [2.05, 4.69) is 6.08 Å². The molecule has 4 nitrogen and oxygen atoms in total. The number of rotatable bonds is 6. The van der Waals surface area contributed by atoms with Crippen molar-refractivity contribution in [1.82, 2.24) is 0 Å². The van der Waals surface area contributed by atoms with Gasteiger partial charge in [0.2, 0.25) is 0 Å². The van der Waals surface area contributed by atoms with Crippen LogP contribution in [-0.2, 0) is 18.0 Å². The molecule has 0 aromatic rings. The average Bonchev–Trinajstić information content (AvgIpc) is 2.78. The summed E-state index contributed by atoms with van der Waals surface area (Å²) >= 11 is 0. The van der Waals surface area contributed by atoms with Gasteiger partial charge in [0.25, 0.3) is 0 Å². The van der Waals surface area contributed by atoms with Crippen molar-refractivity contribution in [2.75, 3.05) is 21.3 Å². The first-order valence-corrected chi connectivity index (χ1v) is 8.14. The van der Waals surface area contributed by atoms with Gasteiger partial charge in [0.15, 0.2) is 0 Å². The zero-order chi connectivity index (χ0) is 12.1. The summed E-state index contributed by atoms with van der Waals surface area (Å²) in [5, 5.41) is 0. The van der Waals surface area contributed by atoms with Gasteiger partial charge in [0.1, 0.15) is 11.7 Å². The zero-order valence-corrected chi connectivity index (χ0v) is 11.7. The fourth-order valence-electron chi connectivity index (χ4n) is 3.41. The summed E-state index contributed by atoms with van der Waals surface area (Å²) in [6, 6.07) is 0.888. The molecule has 0 amide bonds. The third-order valence-electron chi connectivity index (χ3n) is 4.54. The number of ether oxygens (including phenoxy) is 1. The lowest BCUT2D eigenvalue weighted by atomic mass is 9.94. The standard InChI is InChI=1S/C12H20O4Si/c1-13-17(14-2,15-3)5-4-9-7-12-8-10(9)6-11(12)16-12/h6,9,11H,4-5,7-8H2,1-3H3. The Kier molecular flexibility index (Phi) is 2.72. The molecule has 3 atom stereocenters. The first kappa shape index (κ1) is 11.9. The Morgan fingerprint density at radius 1 is 1.35 bits per heavy atom. The van der Waals surface area contributed by atoms with E-state index in [1.165, 1.54) is 6.42 Å². The first-order valence-electron chi connectivity index (χ1n) is 6.21. The highest BCUT2D eigenvalue weighted by atomic mass is 28.4. The molecule has 2 aliphatic carbocycles. The molecule has 1 spiro atoms. The fourth-order valence-corrected chi connectivity index (χ4v) is 5.22. The van der Waals surface area contributed by atoms with Crippen LogP contribution < -0.4 is 0 Å². The topological polar surface area (TPSA) is 40.2 Å². The predicted molar refractivity (Wildman–Crippen MR) is 64.6 cm³/mol. The second kappa shape index (κ2) is 3.90. The van der Waals surface area contributed by atoms with E-state index in [-0.39, 0.29) is 5.60 Å². The van der Waals surface area contributed by atoms with Gasteiger partial charge in [0, 0.05) is 33.8 Å². The molecule has 0 aromatic carbocycles. The highest BCUT2D eigenvalue weighted by Gasteiger charge is 2.64. The van der Waals surface area contributed by atoms with Crippen LogP contribution >= 0.6 is 0 Å². The lowest BCUT2D eigenvalue weighted by Gasteiger charge is -2.26. The minimum absolute atomic E-state index is 0.220. The van der Waals surface area contributed by atoms with Crippen LogP contribution in [0.15, 0.2) is 11.6 Å². The maximum absolute atomic E-state index is 5.71. The quantitative estimate of drug-likeness (QED) is 0.412. The molecule has 1 aliphatic heterocycles. The Labute approximate surface area is 103 Å². The normalized spacial score (nSPS) is 38.2. The zero-order valence-electron chi connectivity index (χ0n) is 10.7. The molecule has 3 unspecified atom stereocenters. The van der Waals surface area contributed by atoms with Crippen LogP contribution in [0.2, 0.25) is 6.04 Å². The Hall–Kier alpha value is -0.203. The van der Waals surface area contributed by atoms with E-state index in [1.54, 1.807) is 26.9 Å². The van der Waals surface area contributed by atoms with Crippen molar-refractivity contribution in [2.24, 2.45) is 5.92 Å². The number of hydrogen-bond donors (Lipinski definition) is 0. The summed E-state index contributed by atoms with van der Waals surface area (Å²) in [5.41, 5.74) is 1.81. The van der Waals surface area contributed by atoms with Crippen LogP contribution in [0, 0.1) is 5.92 Å². The summed E-state index contributed by atoms with van der Waals surface area (Å²) < 4.78 is 22.1. The fraction of sp³-hybridized carbons (Fsp3) is 0.833. The maximum atomic E-state index is 5.71. The SMILES string of the molecule is CO[Si](CCC1CC23CC1=CC2O3)(OC)OC. The highest BCUT2D eigenvalue weighted by Crippen LogP contribution is 2.61. The van der Waals surface area contributed by atoms with E-state index in [4.69, 9.17) is 18.0 Å². The van der Waals surface area contributed by atoms with Crippen molar-refractivity contribution >= 4 is 8.80 Å². The second-order valence-corrected chi connectivity index (χ2v) is 8.35. The van der Waals surface area contributed by atoms with Gasteiger partial charge in [-0.3, -0.25) is 0 Å². The largest absolute Gasteiger partial charge is 0.500 e. The van der Waals surface area contributed by atoms with E-state index in [9.17, 15) is 0 Å². The minimum Gasteiger partial charge on any atom is -0.377 e. The molecule has 0 radical (unpaired) electrons. The third-order valence-corrected chi connectivity index (χ3v) is 7.31. The van der Waals surface area contributed by atoms with E-state index in [1.807, 2.05) is 0 Å². The van der Waals surface area contributed by atoms with Gasteiger partial charge in [0.05, 0.1) is 0 Å². The van der Waals surface area contributed by atoms with Crippen LogP contribution in [0.4, 0.5) is 0 Å². The summed E-state index contributed by atoms with van der Waals surface area (Å²) in [4.78, 5) is 0. The molecule has 0 N–H and O–H groups in total. The van der Waals surface area contributed by atoms with Gasteiger partial charge in [-0.25, -0.2) is 0 Å². The smallest absolute Gasteiger partial charge is 0.377 e. The Balaban J connectivity index is 1.58. The lowest BCUT2D eigenvalue weighted by Crippen LogP contribution is -2.43. The van der Waals surface area contributed by atoms with Crippen LogP contribution in [0.5, 0.6) is 0 Å². The Bertz CT molecular complexity index is 344. The summed E-state index contributed by atoms with van der Waals surface area (Å²) in [6.07, 6.45) is 6.20. The predicted octanol–water partition coefficient (Wildman–Crippen LogP) is 1.74. The molecule has 5 heteroatoms. The molecule has 2 fully saturated rings. The summed E-state index contributed by atoms with van der Waals surface area (Å²) in [6.45, 7) is 0. The van der Waals surface area contributed by atoms with Gasteiger partial charge >= 0.3 is 8.80 Å². The molecular weight excluding hydrogens is 236 g/mol. The molecule has 17 heavy (non-hydrogen) atoms. The molecule has 1 saturated carbocycles. The van der Waals surface area contributed by atoms with Crippen molar-refractivity contribution in [1.29, 1.82) is 0 Å². The molecular formula is C12H20O4Si. The van der Waals surface area contributed by atoms with Gasteiger partial charge in [-0.15, -0.1) is 0 Å². The number of hydrogen-bond acceptors (Lipinski definition) is 4. The van der Waals surface area contributed by atoms with Crippen molar-refractivity contribution < 1.29 is 18.0 Å². The van der Waals surface area contributed by atoms with E-state index < -0.39 is 8.80 Å². The van der Waals surface area contributed by atoms with Crippen LogP contribution in [-0.4, -0.2) is 41.8 Å². The molecule has 3 rings (SSSR count). The maximum Gasteiger partial charge on any atom is 0.500 e. The minimum atomic E-state index is -2.39. The highest BCUT2D eigenvalue weighted by molar-refractivity contribution is 6.60. The molecule has 1 saturated heterocycles. The van der Waals surface area contributed by atoms with Crippen LogP contribution in [0.25, 0.3) is 0 Å². The van der Waals surface area contributed by atoms with Crippen molar-refractivity contribution in [3.63, 3.8) is 0 Å². The van der Waals surface area contributed by atoms with Crippen LogP contribution in [0.1, 0.15) is 19.3 Å². The van der Waals surface area contributed by atoms with E-state index in [0.717, 1.165) is 18.9 Å². The Morgan fingerprint density at radius 3 is 2.53 bits per heavy atom. The van der Waals surface area contributed by atoms with Gasteiger partial charge in [-0.2, -0.15) is 0 Å². The van der Waals surface area contributed by atoms with E-state index in [0.29, 0.717) is 12.0 Å². The molecule has 2 bridgehead atoms. The summed E-state index contributed by atoms with van der Waals surface area (Å²) in [5.74, 6) is 0.654. The molecule has 0 aromatic heterocycles. The number of fused-ring (bicyclic) bond motifs is 1. The van der Waals surface area contributed by atoms with Gasteiger partial charge in [-0.1, -0.05) is 11.6 Å². The average molecular weight is 256 g/mol. The molecule has 96 valence electrons. The van der Waals surface area contributed by atoms with Crippen LogP contribution in [0.3, 0.4) is 0 Å². The van der Waals surface area contributed by atoms with Crippen molar-refractivity contribution in [2.45, 2.75) is 37.0 Å².